The predicted molar refractivity (Wildman–Crippen MR) is 79.2 cm³/mol. The molecule has 2 N–H and O–H groups in total. The maximum absolute atomic E-state index is 5.96. The van der Waals surface area contributed by atoms with Gasteiger partial charge in [0.05, 0.1) is 11.0 Å². The topological polar surface area (TPSA) is 43.8 Å². The summed E-state index contributed by atoms with van der Waals surface area (Å²) in [5.74, 6) is 0.922. The second kappa shape index (κ2) is 5.33. The van der Waals surface area contributed by atoms with Crippen molar-refractivity contribution in [3.8, 4) is 0 Å². The van der Waals surface area contributed by atoms with E-state index in [2.05, 4.69) is 44.5 Å². The molecule has 18 heavy (non-hydrogen) atoms. The summed E-state index contributed by atoms with van der Waals surface area (Å²) in [4.78, 5) is 4.69. The van der Waals surface area contributed by atoms with Crippen LogP contribution in [0.3, 0.4) is 0 Å². The third-order valence-corrected chi connectivity index (χ3v) is 4.62. The van der Waals surface area contributed by atoms with Crippen molar-refractivity contribution >= 4 is 22.8 Å². The molecule has 1 aromatic heterocycles. The van der Waals surface area contributed by atoms with Crippen molar-refractivity contribution in [3.63, 3.8) is 0 Å². The molecule has 2 rings (SSSR count). The molecule has 1 unspecified atom stereocenters. The van der Waals surface area contributed by atoms with Gasteiger partial charge in [-0.25, -0.2) is 4.98 Å². The fraction of sp³-hybridized carbons (Fsp3) is 0.500. The largest absolute Gasteiger partial charge is 0.327 e. The van der Waals surface area contributed by atoms with Crippen LogP contribution in [0.2, 0.25) is 0 Å². The summed E-state index contributed by atoms with van der Waals surface area (Å²) < 4.78 is 2.16. The third-order valence-electron chi connectivity index (χ3n) is 3.41. The van der Waals surface area contributed by atoms with Crippen molar-refractivity contribution in [2.75, 3.05) is 5.75 Å². The Labute approximate surface area is 113 Å². The van der Waals surface area contributed by atoms with Gasteiger partial charge in [-0.2, -0.15) is 0 Å². The van der Waals surface area contributed by atoms with Crippen molar-refractivity contribution in [2.24, 2.45) is 12.8 Å². The number of thioether (sulfide) groups is 1. The second-order valence-corrected chi connectivity index (χ2v) is 5.85. The number of hydrogen-bond acceptors (Lipinski definition) is 3. The Bertz CT molecular complexity index is 560. The number of rotatable bonds is 4. The van der Waals surface area contributed by atoms with E-state index in [1.54, 1.807) is 11.8 Å². The first kappa shape index (κ1) is 13.4. The summed E-state index contributed by atoms with van der Waals surface area (Å²) in [7, 11) is 2.07. The van der Waals surface area contributed by atoms with Crippen molar-refractivity contribution in [1.82, 2.24) is 9.55 Å². The summed E-state index contributed by atoms with van der Waals surface area (Å²) >= 11 is 1.74. The van der Waals surface area contributed by atoms with Gasteiger partial charge in [0.15, 0.2) is 5.16 Å². The maximum atomic E-state index is 5.96. The van der Waals surface area contributed by atoms with E-state index in [9.17, 15) is 0 Å². The molecule has 0 saturated heterocycles. The van der Waals surface area contributed by atoms with E-state index in [1.165, 1.54) is 16.6 Å². The highest BCUT2D eigenvalue weighted by Gasteiger charge is 2.10. The van der Waals surface area contributed by atoms with Crippen LogP contribution in [-0.4, -0.2) is 21.3 Å². The lowest BCUT2D eigenvalue weighted by Gasteiger charge is -2.07. The molecule has 1 heterocycles. The molecule has 0 aliphatic heterocycles. The Hall–Kier alpha value is -1.00. The van der Waals surface area contributed by atoms with Gasteiger partial charge in [-0.05, 0) is 43.5 Å². The quantitative estimate of drug-likeness (QED) is 0.862. The Kier molecular flexibility index (Phi) is 3.97. The molecule has 2 aromatic rings. The Morgan fingerprint density at radius 1 is 1.33 bits per heavy atom. The molecule has 0 bridgehead atoms. The van der Waals surface area contributed by atoms with E-state index < -0.39 is 0 Å². The van der Waals surface area contributed by atoms with Crippen LogP contribution in [0.4, 0.5) is 0 Å². The molecule has 1 aromatic carbocycles. The summed E-state index contributed by atoms with van der Waals surface area (Å²) in [6.45, 7) is 6.39. The van der Waals surface area contributed by atoms with Gasteiger partial charge < -0.3 is 10.3 Å². The van der Waals surface area contributed by atoms with Gasteiger partial charge in [-0.15, -0.1) is 0 Å². The first-order chi connectivity index (χ1) is 8.52. The summed E-state index contributed by atoms with van der Waals surface area (Å²) in [5, 5.41) is 1.05. The van der Waals surface area contributed by atoms with Crippen molar-refractivity contribution < 1.29 is 0 Å². The van der Waals surface area contributed by atoms with Crippen LogP contribution >= 0.6 is 11.8 Å². The zero-order valence-corrected chi connectivity index (χ0v) is 12.3. The number of imidazole rings is 1. The molecule has 3 nitrogen and oxygen atoms in total. The standard InChI is InChI=1S/C14H21N3S/c1-5-11(15)8-18-14-16-12-6-9(2)10(3)7-13(12)17(14)4/h6-7,11H,5,8,15H2,1-4H3. The molecule has 0 aliphatic carbocycles. The average Bonchev–Trinajstić information content (AvgIpc) is 2.64. The normalized spacial score (nSPS) is 13.2. The van der Waals surface area contributed by atoms with E-state index in [1.807, 2.05) is 0 Å². The highest BCUT2D eigenvalue weighted by Crippen LogP contribution is 2.25. The van der Waals surface area contributed by atoms with Crippen molar-refractivity contribution in [1.29, 1.82) is 0 Å². The van der Waals surface area contributed by atoms with Crippen LogP contribution in [0.25, 0.3) is 11.0 Å². The van der Waals surface area contributed by atoms with Crippen molar-refractivity contribution in [3.05, 3.63) is 23.3 Å². The van der Waals surface area contributed by atoms with E-state index in [4.69, 9.17) is 10.7 Å². The molecule has 0 amide bonds. The molecule has 1 atom stereocenters. The van der Waals surface area contributed by atoms with Crippen molar-refractivity contribution in [2.45, 2.75) is 38.4 Å². The smallest absolute Gasteiger partial charge is 0.168 e. The zero-order valence-electron chi connectivity index (χ0n) is 11.5. The van der Waals surface area contributed by atoms with Gasteiger partial charge >= 0.3 is 0 Å². The molecule has 0 spiro atoms. The van der Waals surface area contributed by atoms with Gasteiger partial charge in [0, 0.05) is 18.8 Å². The number of aryl methyl sites for hydroxylation is 3. The van der Waals surface area contributed by atoms with Crippen LogP contribution in [0.15, 0.2) is 17.3 Å². The molecular formula is C14H21N3S. The molecule has 0 radical (unpaired) electrons. The molecule has 0 fully saturated rings. The van der Waals surface area contributed by atoms with E-state index in [-0.39, 0.29) is 6.04 Å². The third kappa shape index (κ3) is 2.54. The predicted octanol–water partition coefficient (Wildman–Crippen LogP) is 3.02. The summed E-state index contributed by atoms with van der Waals surface area (Å²) in [6.07, 6.45) is 1.01. The Morgan fingerprint density at radius 2 is 2.00 bits per heavy atom. The molecule has 4 heteroatoms. The SMILES string of the molecule is CCC(N)CSc1nc2cc(C)c(C)cc2n1C. The minimum atomic E-state index is 0.248. The Balaban J connectivity index is 2.32. The van der Waals surface area contributed by atoms with Gasteiger partial charge in [0.1, 0.15) is 0 Å². The highest BCUT2D eigenvalue weighted by atomic mass is 32.2. The van der Waals surface area contributed by atoms with Crippen LogP contribution in [-0.2, 0) is 7.05 Å². The number of nitrogens with two attached hydrogens (primary N) is 1. The molecule has 0 aliphatic rings. The molecule has 0 saturated carbocycles. The first-order valence-electron chi connectivity index (χ1n) is 6.35. The van der Waals surface area contributed by atoms with E-state index in [0.717, 1.165) is 22.8 Å². The first-order valence-corrected chi connectivity index (χ1v) is 7.33. The van der Waals surface area contributed by atoms with Crippen LogP contribution in [0.1, 0.15) is 24.5 Å². The molecular weight excluding hydrogens is 242 g/mol. The minimum Gasteiger partial charge on any atom is -0.327 e. The lowest BCUT2D eigenvalue weighted by atomic mass is 10.1. The lowest BCUT2D eigenvalue weighted by molar-refractivity contribution is 0.720. The number of nitrogens with zero attached hydrogens (tertiary/aromatic N) is 2. The Morgan fingerprint density at radius 3 is 2.67 bits per heavy atom. The maximum Gasteiger partial charge on any atom is 0.168 e. The number of hydrogen-bond donors (Lipinski definition) is 1. The summed E-state index contributed by atoms with van der Waals surface area (Å²) in [5.41, 5.74) is 10.8. The van der Waals surface area contributed by atoms with Gasteiger partial charge in [0.25, 0.3) is 0 Å². The number of benzene rings is 1. The number of fused-ring (bicyclic) bond motifs is 1. The van der Waals surface area contributed by atoms with Gasteiger partial charge in [-0.3, -0.25) is 0 Å². The summed E-state index contributed by atoms with van der Waals surface area (Å²) in [6, 6.07) is 4.62. The van der Waals surface area contributed by atoms with Gasteiger partial charge in [0.2, 0.25) is 0 Å². The lowest BCUT2D eigenvalue weighted by Crippen LogP contribution is -2.21. The second-order valence-electron chi connectivity index (χ2n) is 4.86. The van der Waals surface area contributed by atoms with Crippen LogP contribution in [0.5, 0.6) is 0 Å². The van der Waals surface area contributed by atoms with Gasteiger partial charge in [-0.1, -0.05) is 18.7 Å². The monoisotopic (exact) mass is 263 g/mol. The van der Waals surface area contributed by atoms with Crippen LogP contribution in [0, 0.1) is 13.8 Å². The highest BCUT2D eigenvalue weighted by molar-refractivity contribution is 7.99. The van der Waals surface area contributed by atoms with E-state index in [0.29, 0.717) is 0 Å². The minimum absolute atomic E-state index is 0.248. The average molecular weight is 263 g/mol. The zero-order chi connectivity index (χ0) is 13.3. The fourth-order valence-electron chi connectivity index (χ4n) is 1.85. The van der Waals surface area contributed by atoms with Crippen LogP contribution < -0.4 is 5.73 Å². The molecule has 98 valence electrons. The van der Waals surface area contributed by atoms with E-state index >= 15 is 0 Å². The fourth-order valence-corrected chi connectivity index (χ4v) is 2.91. The number of aromatic nitrogens is 2.